The molecule has 0 aromatic carbocycles. The standard InChI is InChI=1S/C3H6O2.HO3P/c1-2-5-3-4-1;1-4(2)3/h1-3H2;(H-,1,2,3)/p+1. The Balaban J connectivity index is 0.000000148. The van der Waals surface area contributed by atoms with Crippen LogP contribution in [0.2, 0.25) is 0 Å². The van der Waals surface area contributed by atoms with Gasteiger partial charge in [0, 0.05) is 4.57 Å². The molecule has 5 nitrogen and oxygen atoms in total. The molecular formula is C3H8O5P+. The molecular weight excluding hydrogens is 147 g/mol. The van der Waals surface area contributed by atoms with Gasteiger partial charge < -0.3 is 9.47 Å². The van der Waals surface area contributed by atoms with Gasteiger partial charge in [0.1, 0.15) is 6.79 Å². The lowest BCUT2D eigenvalue weighted by Crippen LogP contribution is -1.79. The molecule has 54 valence electrons. The Labute approximate surface area is 53.2 Å². The van der Waals surface area contributed by atoms with Crippen molar-refractivity contribution in [1.29, 1.82) is 0 Å². The summed E-state index contributed by atoms with van der Waals surface area (Å²) in [7, 11) is -2.87. The van der Waals surface area contributed by atoms with Gasteiger partial charge in [-0.1, -0.05) is 0 Å². The average molecular weight is 155 g/mol. The largest absolute Gasteiger partial charge is 0.692 e. The van der Waals surface area contributed by atoms with E-state index in [9.17, 15) is 0 Å². The molecule has 1 aliphatic rings. The van der Waals surface area contributed by atoms with Crippen molar-refractivity contribution < 1.29 is 23.8 Å². The smallest absolute Gasteiger partial charge is 0.353 e. The van der Waals surface area contributed by atoms with Crippen LogP contribution in [-0.2, 0) is 14.0 Å². The molecule has 0 unspecified atom stereocenters. The van der Waals surface area contributed by atoms with Crippen molar-refractivity contribution in [3.63, 3.8) is 0 Å². The van der Waals surface area contributed by atoms with Crippen molar-refractivity contribution in [2.75, 3.05) is 20.0 Å². The third-order valence-corrected chi connectivity index (χ3v) is 0.539. The minimum absolute atomic E-state index is 0.500. The zero-order valence-corrected chi connectivity index (χ0v) is 5.58. The highest BCUT2D eigenvalue weighted by molar-refractivity contribution is 7.30. The van der Waals surface area contributed by atoms with Crippen LogP contribution in [0.3, 0.4) is 0 Å². The van der Waals surface area contributed by atoms with E-state index in [4.69, 9.17) is 23.8 Å². The molecule has 1 rings (SSSR count). The van der Waals surface area contributed by atoms with Crippen LogP contribution in [0, 0.1) is 0 Å². The summed E-state index contributed by atoms with van der Waals surface area (Å²) < 4.78 is 18.1. The lowest BCUT2D eigenvalue weighted by molar-refractivity contribution is 0.0692. The van der Waals surface area contributed by atoms with Crippen LogP contribution in [0.5, 0.6) is 0 Å². The predicted molar refractivity (Wildman–Crippen MR) is 28.8 cm³/mol. The molecule has 0 amide bonds. The van der Waals surface area contributed by atoms with Gasteiger partial charge in [-0.2, -0.15) is 0 Å². The Kier molecular flexibility index (Phi) is 6.03. The average Bonchev–Trinajstić information content (AvgIpc) is 2.11. The van der Waals surface area contributed by atoms with Gasteiger partial charge in [-0.25, -0.2) is 0 Å². The zero-order valence-electron chi connectivity index (χ0n) is 4.69. The highest BCUT2D eigenvalue weighted by Crippen LogP contribution is 1.98. The van der Waals surface area contributed by atoms with Gasteiger partial charge in [-0.15, -0.1) is 9.79 Å². The van der Waals surface area contributed by atoms with E-state index in [0.717, 1.165) is 13.2 Å². The number of rotatable bonds is 0. The molecule has 0 bridgehead atoms. The van der Waals surface area contributed by atoms with Crippen LogP contribution >= 0.6 is 8.25 Å². The van der Waals surface area contributed by atoms with Crippen LogP contribution < -0.4 is 0 Å². The summed E-state index contributed by atoms with van der Waals surface area (Å²) in [5, 5.41) is 0. The van der Waals surface area contributed by atoms with Crippen molar-refractivity contribution in [3.05, 3.63) is 0 Å². The van der Waals surface area contributed by atoms with E-state index in [1.807, 2.05) is 0 Å². The molecule has 6 heteroatoms. The Morgan fingerprint density at radius 3 is 1.67 bits per heavy atom. The third-order valence-electron chi connectivity index (χ3n) is 0.539. The zero-order chi connectivity index (χ0) is 7.11. The molecule has 9 heavy (non-hydrogen) atoms. The molecule has 1 saturated heterocycles. The fraction of sp³-hybridized carbons (Fsp3) is 1.00. The van der Waals surface area contributed by atoms with Gasteiger partial charge in [0.15, 0.2) is 0 Å². The van der Waals surface area contributed by atoms with Gasteiger partial charge >= 0.3 is 8.25 Å². The first-order chi connectivity index (χ1) is 4.23. The summed E-state index contributed by atoms with van der Waals surface area (Å²) in [6.07, 6.45) is 0. The van der Waals surface area contributed by atoms with Gasteiger partial charge in [0.05, 0.1) is 13.2 Å². The summed E-state index contributed by atoms with van der Waals surface area (Å²) in [5.41, 5.74) is 0. The lowest BCUT2D eigenvalue weighted by Gasteiger charge is -1.76. The molecule has 0 aromatic heterocycles. The lowest BCUT2D eigenvalue weighted by atomic mass is 10.8. The maximum atomic E-state index is 8.70. The Morgan fingerprint density at radius 1 is 1.22 bits per heavy atom. The second kappa shape index (κ2) is 6.07. The fourth-order valence-electron chi connectivity index (χ4n) is 0.295. The van der Waals surface area contributed by atoms with E-state index >= 15 is 0 Å². The number of hydrogen-bond acceptors (Lipinski definition) is 3. The van der Waals surface area contributed by atoms with E-state index in [0.29, 0.717) is 6.79 Å². The third kappa shape index (κ3) is 11.5. The maximum absolute atomic E-state index is 8.70. The summed E-state index contributed by atoms with van der Waals surface area (Å²) in [5.74, 6) is 0. The molecule has 0 aromatic rings. The van der Waals surface area contributed by atoms with Crippen LogP contribution in [-0.4, -0.2) is 29.8 Å². The number of hydrogen-bond donors (Lipinski definition) is 2. The van der Waals surface area contributed by atoms with Crippen molar-refractivity contribution in [3.8, 4) is 0 Å². The van der Waals surface area contributed by atoms with Crippen molar-refractivity contribution in [2.45, 2.75) is 0 Å². The van der Waals surface area contributed by atoms with Crippen LogP contribution in [0.15, 0.2) is 0 Å². The van der Waals surface area contributed by atoms with Crippen molar-refractivity contribution in [1.82, 2.24) is 0 Å². The molecule has 0 saturated carbocycles. The van der Waals surface area contributed by atoms with Gasteiger partial charge in [0.25, 0.3) is 0 Å². The molecule has 1 aliphatic heterocycles. The van der Waals surface area contributed by atoms with Crippen LogP contribution in [0.1, 0.15) is 0 Å². The Hall–Kier alpha value is -0.0600. The highest BCUT2D eigenvalue weighted by Gasteiger charge is 1.94. The van der Waals surface area contributed by atoms with Gasteiger partial charge in [-0.3, -0.25) is 0 Å². The summed E-state index contributed by atoms with van der Waals surface area (Å²) >= 11 is 0. The number of ether oxygens (including phenoxy) is 2. The normalized spacial score (nSPS) is 16.2. The minimum atomic E-state index is -2.87. The molecule has 1 heterocycles. The fourth-order valence-corrected chi connectivity index (χ4v) is 0.295. The second-order valence-electron chi connectivity index (χ2n) is 1.19. The predicted octanol–water partition coefficient (Wildman–Crippen LogP) is -0.381. The summed E-state index contributed by atoms with van der Waals surface area (Å²) in [6, 6.07) is 0. The monoisotopic (exact) mass is 155 g/mol. The Morgan fingerprint density at radius 2 is 1.56 bits per heavy atom. The van der Waals surface area contributed by atoms with E-state index in [1.165, 1.54) is 0 Å². The molecule has 0 atom stereocenters. The van der Waals surface area contributed by atoms with Crippen molar-refractivity contribution in [2.24, 2.45) is 0 Å². The Bertz CT molecular complexity index is 68.7. The quantitative estimate of drug-likeness (QED) is 0.466. The van der Waals surface area contributed by atoms with E-state index < -0.39 is 8.25 Å². The van der Waals surface area contributed by atoms with Gasteiger partial charge in [-0.05, 0) is 0 Å². The van der Waals surface area contributed by atoms with Gasteiger partial charge in [0.2, 0.25) is 0 Å². The SMILES string of the molecule is C1COCO1.O=[P+](O)O. The van der Waals surface area contributed by atoms with Crippen LogP contribution in [0.25, 0.3) is 0 Å². The van der Waals surface area contributed by atoms with E-state index in [2.05, 4.69) is 0 Å². The van der Waals surface area contributed by atoms with Crippen molar-refractivity contribution >= 4 is 8.25 Å². The molecule has 2 N–H and O–H groups in total. The topological polar surface area (TPSA) is 76.0 Å². The molecule has 1 fully saturated rings. The first-order valence-corrected chi connectivity index (χ1v) is 3.40. The molecule has 0 aliphatic carbocycles. The van der Waals surface area contributed by atoms with E-state index in [-0.39, 0.29) is 0 Å². The first kappa shape index (κ1) is 8.94. The summed E-state index contributed by atoms with van der Waals surface area (Å²) in [6.45, 7) is 2.06. The van der Waals surface area contributed by atoms with Crippen LogP contribution in [0.4, 0.5) is 0 Å². The first-order valence-electron chi connectivity index (χ1n) is 2.24. The minimum Gasteiger partial charge on any atom is -0.353 e. The van der Waals surface area contributed by atoms with E-state index in [1.54, 1.807) is 0 Å². The summed E-state index contributed by atoms with van der Waals surface area (Å²) in [4.78, 5) is 14.2. The second-order valence-corrected chi connectivity index (χ2v) is 1.69. The molecule has 0 radical (unpaired) electrons. The molecule has 0 spiro atoms. The maximum Gasteiger partial charge on any atom is 0.692 e. The highest BCUT2D eigenvalue weighted by atomic mass is 31.1.